The van der Waals surface area contributed by atoms with Gasteiger partial charge in [-0.1, -0.05) is 73.6 Å². The molecule has 10 atom stereocenters. The molecule has 1 amide bonds. The molecule has 5 N–H and O–H groups in total. The molecule has 518 valence electrons. The molecule has 96 heavy (non-hydrogen) atoms. The summed E-state index contributed by atoms with van der Waals surface area (Å²) in [5.74, 6) is -11.3. The van der Waals surface area contributed by atoms with Crippen LogP contribution in [0.4, 0.5) is 11.4 Å². The summed E-state index contributed by atoms with van der Waals surface area (Å²) >= 11 is 0. The highest BCUT2D eigenvalue weighted by Crippen LogP contribution is 2.52. The minimum atomic E-state index is -4.10. The number of nitrogens with one attached hydrogen (secondary N) is 1. The molecule has 1 aliphatic carbocycles. The lowest BCUT2D eigenvalue weighted by Gasteiger charge is -2.39. The van der Waals surface area contributed by atoms with E-state index in [1.54, 1.807) is 59.8 Å². The Morgan fingerprint density at radius 1 is 0.917 bits per heavy atom. The summed E-state index contributed by atoms with van der Waals surface area (Å²) in [6.45, 7) is 24.4. The molecule has 1 unspecified atom stereocenters. The van der Waals surface area contributed by atoms with E-state index < -0.39 is 139 Å². The Labute approximate surface area is 558 Å². The molecule has 0 spiro atoms. The second-order valence-electron chi connectivity index (χ2n) is 26.3. The van der Waals surface area contributed by atoms with Gasteiger partial charge in [-0.25, -0.2) is 4.98 Å². The summed E-state index contributed by atoms with van der Waals surface area (Å²) in [6, 6.07) is 7.15. The largest absolute Gasteiger partial charge is 0.507 e. The van der Waals surface area contributed by atoms with E-state index in [2.05, 4.69) is 29.0 Å². The highest BCUT2D eigenvalue weighted by molar-refractivity contribution is 7.72. The monoisotopic (exact) mass is 1370 g/mol. The summed E-state index contributed by atoms with van der Waals surface area (Å²) in [5.41, 5.74) is -2.14. The quantitative estimate of drug-likeness (QED) is 0.0110. The molecule has 3 aromatic carbocycles. The van der Waals surface area contributed by atoms with Crippen molar-refractivity contribution >= 4 is 89.9 Å². The molecule has 0 aromatic heterocycles. The summed E-state index contributed by atoms with van der Waals surface area (Å²) < 4.78 is 72.3. The number of hydrogen-bond donors (Lipinski definition) is 5. The van der Waals surface area contributed by atoms with E-state index in [9.17, 15) is 53.3 Å². The van der Waals surface area contributed by atoms with Crippen LogP contribution in [0.2, 0.25) is 0 Å². The number of Topliss-reactive ketones (excluding diaryl/α,β-unsaturated/α-hetero) is 1. The smallest absolute Gasteiger partial charge is 0.312 e. The van der Waals surface area contributed by atoms with Crippen LogP contribution in [0.15, 0.2) is 75.7 Å². The number of aliphatic hydroxyl groups excluding tert-OH is 1. The Morgan fingerprint density at radius 2 is 1.60 bits per heavy atom. The Morgan fingerprint density at radius 3 is 2.25 bits per heavy atom. The van der Waals surface area contributed by atoms with Gasteiger partial charge in [-0.15, -0.1) is 0 Å². The summed E-state index contributed by atoms with van der Waals surface area (Å²) in [6.07, 6.45) is 2.06. The Bertz CT molecular complexity index is 4020. The maximum Gasteiger partial charge on any atom is 0.312 e. The molecule has 5 heterocycles. The number of benzene rings is 4. The van der Waals surface area contributed by atoms with E-state index in [4.69, 9.17) is 42.6 Å². The molecule has 0 radical (unpaired) electrons. The average molecular weight is 1370 g/mol. The van der Waals surface area contributed by atoms with Crippen LogP contribution in [0.5, 0.6) is 23.0 Å². The van der Waals surface area contributed by atoms with Crippen LogP contribution in [0.3, 0.4) is 0 Å². The van der Waals surface area contributed by atoms with E-state index in [0.717, 1.165) is 25.9 Å². The maximum absolute atomic E-state index is 15.2. The standard InChI is InChI=1S/C69H86N4O21P2/c1-35(2)33-72-23-25-73(26-24-72)44-29-47(76)56-50(30-44)92-65-57(70-56)53-54-60(80)41(8)64-55(53)66(82)69(13,94-64)89-28-22-48(87-14)38(5)63(91-43(10)75)40(7)59(79)39(6)62(36(3)17-15-18-37(4)67(83)71-58(65)61(54)81)93-51(77)19-16-27-88-52(78)32-68(11,12)46-31-45(96(85,86)34-95-84)20-21-49(46)90-42(9)74/h15,17-18,20-22,28-31,35-36,38-40,48,59,62-63,76,79-80H,16,19,23-27,32-34H2,1-14H3,(H,71,83)(H,85,86)/b17-15+,28-22+,37-18-/t36-,38+,39-,40+,48-,59+,62-,63+,69-/m0/s1. The number of esters is 4. The third-order valence-corrected chi connectivity index (χ3v) is 21.0. The number of nitrogens with zero attached hydrogens (tertiary/aromatic N) is 3. The van der Waals surface area contributed by atoms with Gasteiger partial charge in [0.05, 0.1) is 42.4 Å². The van der Waals surface area contributed by atoms with Crippen LogP contribution in [-0.2, 0) is 62.2 Å². The van der Waals surface area contributed by atoms with Crippen LogP contribution in [0.1, 0.15) is 124 Å². The summed E-state index contributed by atoms with van der Waals surface area (Å²) in [5, 5.41) is 38.2. The summed E-state index contributed by atoms with van der Waals surface area (Å²) in [7, 11) is -3.27. The number of aliphatic hydroxyl groups is 1. The third-order valence-electron chi connectivity index (χ3n) is 18.0. The first-order valence-corrected chi connectivity index (χ1v) is 34.7. The van der Waals surface area contributed by atoms with Gasteiger partial charge in [-0.3, -0.25) is 47.6 Å². The number of anilines is 2. The number of aromatic nitrogens is 1. The van der Waals surface area contributed by atoms with Crippen molar-refractivity contribution in [3.63, 3.8) is 0 Å². The van der Waals surface area contributed by atoms with Gasteiger partial charge in [0, 0.05) is 141 Å². The van der Waals surface area contributed by atoms with Crippen molar-refractivity contribution < 1.29 is 95.7 Å². The van der Waals surface area contributed by atoms with Gasteiger partial charge in [0.2, 0.25) is 12.8 Å². The number of phenolic OH excluding ortho intramolecular Hbond substituents is 2. The fraction of sp³-hybridized carbons (Fsp3) is 0.507. The van der Waals surface area contributed by atoms with E-state index in [1.807, 2.05) is 0 Å². The first-order chi connectivity index (χ1) is 45.1. The minimum absolute atomic E-state index is 0.0242. The van der Waals surface area contributed by atoms with Crippen LogP contribution in [0.25, 0.3) is 33.3 Å². The van der Waals surface area contributed by atoms with E-state index in [-0.39, 0.29) is 98.6 Å². The van der Waals surface area contributed by atoms with Crippen molar-refractivity contribution in [1.29, 1.82) is 0 Å². The topological polar surface area (TPSA) is 344 Å². The van der Waals surface area contributed by atoms with Crippen molar-refractivity contribution in [3.05, 3.63) is 93.4 Å². The first-order valence-electron chi connectivity index (χ1n) is 31.9. The predicted molar refractivity (Wildman–Crippen MR) is 357 cm³/mol. The zero-order valence-electron chi connectivity index (χ0n) is 56.5. The van der Waals surface area contributed by atoms with Crippen molar-refractivity contribution in [2.24, 2.45) is 29.6 Å². The summed E-state index contributed by atoms with van der Waals surface area (Å²) in [4.78, 5) is 117. The van der Waals surface area contributed by atoms with Gasteiger partial charge < -0.3 is 68.0 Å². The molecule has 6 aliphatic rings. The van der Waals surface area contributed by atoms with Gasteiger partial charge in [-0.05, 0) is 50.5 Å². The van der Waals surface area contributed by atoms with Crippen LogP contribution >= 0.6 is 15.8 Å². The van der Waals surface area contributed by atoms with Crippen molar-refractivity contribution in [3.8, 4) is 34.5 Å². The number of carbonyl (C=O) groups is 6. The molecule has 25 nitrogen and oxygen atoms in total. The first kappa shape index (κ1) is 73.8. The second kappa shape index (κ2) is 30.2. The second-order valence-corrected chi connectivity index (χ2v) is 29.6. The lowest BCUT2D eigenvalue weighted by Crippen LogP contribution is -2.47. The average Bonchev–Trinajstić information content (AvgIpc) is 1.41. The van der Waals surface area contributed by atoms with E-state index >= 15 is 9.59 Å². The fourth-order valence-electron chi connectivity index (χ4n) is 12.8. The number of rotatable bonds is 17. The highest BCUT2D eigenvalue weighted by atomic mass is 31.2. The van der Waals surface area contributed by atoms with Crippen molar-refractivity contribution in [2.45, 2.75) is 145 Å². The predicted octanol–water partition coefficient (Wildman–Crippen LogP) is 9.75. The van der Waals surface area contributed by atoms with Gasteiger partial charge in [0.1, 0.15) is 58.0 Å². The number of hydrogen-bond acceptors (Lipinski definition) is 23. The van der Waals surface area contributed by atoms with Gasteiger partial charge in [0.15, 0.2) is 19.8 Å². The molecule has 3 aromatic rings. The third kappa shape index (κ3) is 16.0. The number of aromatic hydroxyl groups is 2. The number of amides is 1. The SMILES string of the molecule is CO[C@H]1/C=C/O[C@@]2(C)Oc3c(C)c(O)c4c(=O)c(c5oc6cc(N7CCN(CC(C)C)CC7)cc(O)c6nc-5c4c3C2=O)NC(=O)/C(C)=C\C=C\[C@H](C)[C@H](OC(=O)CCCOC(=O)CC(C)(C)c2cc(P(=O)(O)CP=O)ccc2OC(C)=O)[C@@H](C)[C@@H](O)[C@@H](C)[C@H](OC(C)=O)[C@@H]1C. The normalized spacial score (nSPS) is 25.0. The molecule has 1 saturated heterocycles. The molecule has 5 aliphatic heterocycles. The van der Waals surface area contributed by atoms with Crippen LogP contribution in [-0.4, -0.2) is 148 Å². The number of ether oxygens (including phenoxy) is 7. The molecule has 9 rings (SSSR count). The Hall–Kier alpha value is -8.05. The minimum Gasteiger partial charge on any atom is -0.507 e. The van der Waals surface area contributed by atoms with E-state index in [0.29, 0.717) is 24.7 Å². The zero-order chi connectivity index (χ0) is 70.6. The van der Waals surface area contributed by atoms with Gasteiger partial charge in [-0.2, -0.15) is 0 Å². The zero-order valence-corrected chi connectivity index (χ0v) is 58.3. The lowest BCUT2D eigenvalue weighted by molar-refractivity contribution is -0.166. The highest BCUT2D eigenvalue weighted by Gasteiger charge is 2.50. The Balaban J connectivity index is 1.14. The molecule has 0 saturated carbocycles. The number of fused-ring (bicyclic) bond motifs is 14. The Kier molecular flexibility index (Phi) is 23.2. The molecule has 27 heteroatoms. The molecular weight excluding hydrogens is 1280 g/mol. The van der Waals surface area contributed by atoms with Crippen LogP contribution < -0.4 is 30.4 Å². The fourth-order valence-corrected chi connectivity index (χ4v) is 14.7. The number of ketones is 1. The van der Waals surface area contributed by atoms with Gasteiger partial charge >= 0.3 is 29.7 Å². The van der Waals surface area contributed by atoms with Crippen LogP contribution in [0, 0.1) is 36.5 Å². The van der Waals surface area contributed by atoms with Crippen molar-refractivity contribution in [1.82, 2.24) is 9.88 Å². The van der Waals surface area contributed by atoms with E-state index in [1.165, 1.54) is 78.2 Å². The molecule has 5 bridgehead atoms. The lowest BCUT2D eigenvalue weighted by atomic mass is 9.78. The number of piperazine rings is 1. The maximum atomic E-state index is 15.2. The van der Waals surface area contributed by atoms with Gasteiger partial charge in [0.25, 0.3) is 11.7 Å². The molecular formula is C69H86N4O21P2. The molecule has 1 fully saturated rings. The number of carbonyl (C=O) groups excluding carboxylic acids is 6. The van der Waals surface area contributed by atoms with Crippen molar-refractivity contribution in [2.75, 3.05) is 62.6 Å². The number of phenols is 2. The number of allylic oxidation sites excluding steroid dienone is 2. The number of methoxy groups -OCH3 is 1.